The molecule has 3 rings (SSSR count). The molecule has 0 bridgehead atoms. The maximum Gasteiger partial charge on any atom is 0.288 e. The van der Waals surface area contributed by atoms with Crippen LogP contribution in [0.4, 0.5) is 11.5 Å². The molecule has 1 aromatic heterocycles. The van der Waals surface area contributed by atoms with Crippen LogP contribution in [0.2, 0.25) is 0 Å². The van der Waals surface area contributed by atoms with Gasteiger partial charge in [-0.1, -0.05) is 13.0 Å². The molecule has 0 spiro atoms. The van der Waals surface area contributed by atoms with Crippen molar-refractivity contribution in [2.24, 2.45) is 0 Å². The first-order valence-electron chi connectivity index (χ1n) is 7.88. The van der Waals surface area contributed by atoms with Crippen LogP contribution in [0.1, 0.15) is 24.5 Å². The minimum Gasteiger partial charge on any atom is -0.494 e. The van der Waals surface area contributed by atoms with Crippen molar-refractivity contribution in [1.82, 2.24) is 4.98 Å². The molecule has 126 valence electrons. The quantitative estimate of drug-likeness (QED) is 0.566. The van der Waals surface area contributed by atoms with Crippen LogP contribution in [0.15, 0.2) is 34.9 Å². The summed E-state index contributed by atoms with van der Waals surface area (Å²) < 4.78 is 6.33. The molecule has 1 aliphatic heterocycles. The Balaban J connectivity index is 1.79. The zero-order chi connectivity index (χ0) is 17.1. The molecule has 2 aromatic rings. The molecule has 0 unspecified atom stereocenters. The van der Waals surface area contributed by atoms with E-state index in [0.717, 1.165) is 44.1 Å². The normalized spacial score (nSPS) is 13.5. The average molecular weight is 392 g/mol. The Morgan fingerprint density at radius 2 is 2.21 bits per heavy atom. The van der Waals surface area contributed by atoms with E-state index >= 15 is 0 Å². The van der Waals surface area contributed by atoms with E-state index in [1.807, 2.05) is 6.07 Å². The fourth-order valence-corrected chi connectivity index (χ4v) is 3.36. The van der Waals surface area contributed by atoms with Crippen LogP contribution in [0.5, 0.6) is 5.75 Å². The number of nitrogens with zero attached hydrogens (tertiary/aromatic N) is 3. The molecule has 0 atom stereocenters. The van der Waals surface area contributed by atoms with E-state index in [1.54, 1.807) is 0 Å². The molecule has 1 aliphatic rings. The minimum absolute atomic E-state index is 0.0132. The van der Waals surface area contributed by atoms with Gasteiger partial charge < -0.3 is 9.64 Å². The second-order valence-corrected chi connectivity index (χ2v) is 6.56. The van der Waals surface area contributed by atoms with Gasteiger partial charge in [-0.25, -0.2) is 4.98 Å². The largest absolute Gasteiger partial charge is 0.494 e. The van der Waals surface area contributed by atoms with Gasteiger partial charge in [0.15, 0.2) is 0 Å². The summed E-state index contributed by atoms with van der Waals surface area (Å²) in [6.07, 6.45) is 3.19. The minimum atomic E-state index is -0.440. The SMILES string of the molecule is CCCOc1ccc2c(c1)CCN(c1ncc([N+](=O)[O-])cc1Br)C2. The van der Waals surface area contributed by atoms with Crippen LogP contribution in [0, 0.1) is 10.1 Å². The van der Waals surface area contributed by atoms with Crippen molar-refractivity contribution in [3.8, 4) is 5.75 Å². The van der Waals surface area contributed by atoms with Gasteiger partial charge in [0.25, 0.3) is 5.69 Å². The zero-order valence-electron chi connectivity index (χ0n) is 13.4. The first-order valence-corrected chi connectivity index (χ1v) is 8.67. The fraction of sp³-hybridized carbons (Fsp3) is 0.353. The molecular weight excluding hydrogens is 374 g/mol. The summed E-state index contributed by atoms with van der Waals surface area (Å²) in [6, 6.07) is 7.70. The first-order chi connectivity index (χ1) is 11.6. The molecule has 0 aliphatic carbocycles. The molecule has 0 amide bonds. The second-order valence-electron chi connectivity index (χ2n) is 5.71. The van der Waals surface area contributed by atoms with Crippen LogP contribution >= 0.6 is 15.9 Å². The number of pyridine rings is 1. The molecule has 24 heavy (non-hydrogen) atoms. The summed E-state index contributed by atoms with van der Waals surface area (Å²) in [7, 11) is 0. The number of fused-ring (bicyclic) bond motifs is 1. The van der Waals surface area contributed by atoms with Crippen LogP contribution in [0.3, 0.4) is 0 Å². The van der Waals surface area contributed by atoms with Gasteiger partial charge in [0.2, 0.25) is 0 Å². The van der Waals surface area contributed by atoms with Crippen LogP contribution < -0.4 is 9.64 Å². The van der Waals surface area contributed by atoms with Crippen molar-refractivity contribution in [1.29, 1.82) is 0 Å². The highest BCUT2D eigenvalue weighted by atomic mass is 79.9. The third-order valence-corrected chi connectivity index (χ3v) is 4.56. The number of benzene rings is 1. The Labute approximate surface area is 148 Å². The molecule has 2 heterocycles. The van der Waals surface area contributed by atoms with Crippen LogP contribution in [0.25, 0.3) is 0 Å². The third kappa shape index (κ3) is 3.51. The number of hydrogen-bond acceptors (Lipinski definition) is 5. The number of ether oxygens (including phenoxy) is 1. The highest BCUT2D eigenvalue weighted by Crippen LogP contribution is 2.32. The van der Waals surface area contributed by atoms with Crippen molar-refractivity contribution in [3.63, 3.8) is 0 Å². The molecule has 6 nitrogen and oxygen atoms in total. The topological polar surface area (TPSA) is 68.5 Å². The molecule has 0 N–H and O–H groups in total. The summed E-state index contributed by atoms with van der Waals surface area (Å²) in [5, 5.41) is 10.8. The number of hydrogen-bond donors (Lipinski definition) is 0. The molecule has 7 heteroatoms. The predicted octanol–water partition coefficient (Wildman–Crippen LogP) is 4.10. The lowest BCUT2D eigenvalue weighted by Crippen LogP contribution is -2.31. The summed E-state index contributed by atoms with van der Waals surface area (Å²) in [4.78, 5) is 16.8. The molecule has 1 aromatic carbocycles. The Hall–Kier alpha value is -2.15. The highest BCUT2D eigenvalue weighted by molar-refractivity contribution is 9.10. The molecule has 0 saturated heterocycles. The molecule has 0 fully saturated rings. The monoisotopic (exact) mass is 391 g/mol. The van der Waals surface area contributed by atoms with E-state index in [0.29, 0.717) is 4.47 Å². The number of aromatic nitrogens is 1. The van der Waals surface area contributed by atoms with E-state index in [2.05, 4.69) is 44.9 Å². The van der Waals surface area contributed by atoms with Crippen molar-refractivity contribution in [2.75, 3.05) is 18.1 Å². The average Bonchev–Trinajstić information content (AvgIpc) is 2.59. The van der Waals surface area contributed by atoms with E-state index in [-0.39, 0.29) is 5.69 Å². The van der Waals surface area contributed by atoms with Gasteiger partial charge in [0.1, 0.15) is 17.8 Å². The van der Waals surface area contributed by atoms with Gasteiger partial charge in [0.05, 0.1) is 16.0 Å². The lowest BCUT2D eigenvalue weighted by molar-refractivity contribution is -0.385. The Morgan fingerprint density at radius 1 is 1.38 bits per heavy atom. The molecule has 0 radical (unpaired) electrons. The van der Waals surface area contributed by atoms with Crippen molar-refractivity contribution in [2.45, 2.75) is 26.3 Å². The zero-order valence-corrected chi connectivity index (χ0v) is 15.0. The Kier molecular flexibility index (Phi) is 4.99. The number of nitro groups is 1. The fourth-order valence-electron chi connectivity index (χ4n) is 2.77. The Bertz CT molecular complexity index is 767. The van der Waals surface area contributed by atoms with Gasteiger partial charge in [-0.3, -0.25) is 10.1 Å². The van der Waals surface area contributed by atoms with Gasteiger partial charge in [-0.2, -0.15) is 0 Å². The smallest absolute Gasteiger partial charge is 0.288 e. The lowest BCUT2D eigenvalue weighted by atomic mass is 9.99. The second kappa shape index (κ2) is 7.17. The van der Waals surface area contributed by atoms with Crippen molar-refractivity contribution < 1.29 is 9.66 Å². The highest BCUT2D eigenvalue weighted by Gasteiger charge is 2.21. The van der Waals surface area contributed by atoms with Crippen molar-refractivity contribution in [3.05, 3.63) is 56.2 Å². The van der Waals surface area contributed by atoms with Gasteiger partial charge >= 0.3 is 0 Å². The van der Waals surface area contributed by atoms with E-state index in [4.69, 9.17) is 4.74 Å². The first kappa shape index (κ1) is 16.7. The predicted molar refractivity (Wildman–Crippen MR) is 95.6 cm³/mol. The molecular formula is C17H18BrN3O3. The van der Waals surface area contributed by atoms with E-state index in [1.165, 1.54) is 23.4 Å². The van der Waals surface area contributed by atoms with Crippen LogP contribution in [-0.2, 0) is 13.0 Å². The third-order valence-electron chi connectivity index (χ3n) is 3.98. The van der Waals surface area contributed by atoms with Crippen LogP contribution in [-0.4, -0.2) is 23.1 Å². The van der Waals surface area contributed by atoms with Gasteiger partial charge in [-0.05, 0) is 52.0 Å². The number of rotatable bonds is 5. The van der Waals surface area contributed by atoms with E-state index < -0.39 is 4.92 Å². The van der Waals surface area contributed by atoms with Gasteiger partial charge in [0, 0.05) is 19.2 Å². The van der Waals surface area contributed by atoms with Crippen molar-refractivity contribution >= 4 is 27.4 Å². The number of halogens is 1. The lowest BCUT2D eigenvalue weighted by Gasteiger charge is -2.30. The summed E-state index contributed by atoms with van der Waals surface area (Å²) in [6.45, 7) is 4.36. The summed E-state index contributed by atoms with van der Waals surface area (Å²) in [5.74, 6) is 1.65. The standard InChI is InChI=1S/C17H18BrN3O3/c1-2-7-24-15-4-3-13-11-20(6-5-12(13)8-15)17-16(18)9-14(10-19-17)21(22)23/h3-4,8-10H,2,5-7,11H2,1H3. The summed E-state index contributed by atoms with van der Waals surface area (Å²) >= 11 is 3.40. The molecule has 0 saturated carbocycles. The Morgan fingerprint density at radius 3 is 2.92 bits per heavy atom. The maximum absolute atomic E-state index is 10.8. The maximum atomic E-state index is 10.8. The van der Waals surface area contributed by atoms with E-state index in [9.17, 15) is 10.1 Å². The van der Waals surface area contributed by atoms with Gasteiger partial charge in [-0.15, -0.1) is 0 Å². The summed E-state index contributed by atoms with van der Waals surface area (Å²) in [5.41, 5.74) is 2.51. The number of anilines is 1.